The van der Waals surface area contributed by atoms with Crippen LogP contribution in [0.5, 0.6) is 0 Å². The fraction of sp³-hybridized carbons (Fsp3) is 0.909. The Kier molecular flexibility index (Phi) is 5.65. The van der Waals surface area contributed by atoms with Crippen molar-refractivity contribution in [2.75, 3.05) is 20.1 Å². The van der Waals surface area contributed by atoms with Crippen LogP contribution in [0.15, 0.2) is 0 Å². The van der Waals surface area contributed by atoms with E-state index in [1.807, 2.05) is 20.8 Å². The predicted molar refractivity (Wildman–Crippen MR) is 61.7 cm³/mol. The number of ether oxygens (including phenoxy) is 1. The Morgan fingerprint density at radius 2 is 2.00 bits per heavy atom. The molecular formula is C11H24N2O2. The van der Waals surface area contributed by atoms with Gasteiger partial charge < -0.3 is 15.4 Å². The highest BCUT2D eigenvalue weighted by molar-refractivity contribution is 5.67. The van der Waals surface area contributed by atoms with Gasteiger partial charge in [0.1, 0.15) is 5.60 Å². The van der Waals surface area contributed by atoms with Crippen LogP contribution in [0.25, 0.3) is 0 Å². The van der Waals surface area contributed by atoms with Gasteiger partial charge >= 0.3 is 6.09 Å². The molecule has 1 amide bonds. The fourth-order valence-electron chi connectivity index (χ4n) is 0.963. The number of nitrogens with zero attached hydrogens (tertiary/aromatic N) is 1. The third-order valence-electron chi connectivity index (χ3n) is 2.06. The quantitative estimate of drug-likeness (QED) is 0.780. The van der Waals surface area contributed by atoms with Gasteiger partial charge in [-0.3, -0.25) is 0 Å². The van der Waals surface area contributed by atoms with Crippen LogP contribution in [0.3, 0.4) is 0 Å². The molecule has 0 bridgehead atoms. The Bertz CT molecular complexity index is 199. The molecule has 0 aromatic carbocycles. The standard InChI is InChI=1S/C11H24N2O2/c1-9(8-12)6-7-13(5)10(14)15-11(2,3)4/h9H,6-8,12H2,1-5H3. The third kappa shape index (κ3) is 7.19. The smallest absolute Gasteiger partial charge is 0.410 e. The summed E-state index contributed by atoms with van der Waals surface area (Å²) in [6.45, 7) is 9.00. The van der Waals surface area contributed by atoms with Gasteiger partial charge in [0.15, 0.2) is 0 Å². The summed E-state index contributed by atoms with van der Waals surface area (Å²) >= 11 is 0. The van der Waals surface area contributed by atoms with E-state index in [1.165, 1.54) is 0 Å². The number of hydrogen-bond donors (Lipinski definition) is 1. The van der Waals surface area contributed by atoms with E-state index in [4.69, 9.17) is 10.5 Å². The topological polar surface area (TPSA) is 55.6 Å². The monoisotopic (exact) mass is 216 g/mol. The van der Waals surface area contributed by atoms with Gasteiger partial charge in [-0.15, -0.1) is 0 Å². The number of hydrogen-bond acceptors (Lipinski definition) is 3. The van der Waals surface area contributed by atoms with Crippen LogP contribution in [-0.2, 0) is 4.74 Å². The van der Waals surface area contributed by atoms with Crippen molar-refractivity contribution in [1.29, 1.82) is 0 Å². The molecule has 0 aliphatic carbocycles. The molecule has 90 valence electrons. The molecule has 0 heterocycles. The lowest BCUT2D eigenvalue weighted by Crippen LogP contribution is -2.35. The third-order valence-corrected chi connectivity index (χ3v) is 2.06. The Balaban J connectivity index is 3.90. The molecule has 2 N–H and O–H groups in total. The first-order valence-electron chi connectivity index (χ1n) is 5.40. The molecule has 1 atom stereocenters. The van der Waals surface area contributed by atoms with E-state index in [9.17, 15) is 4.79 Å². The van der Waals surface area contributed by atoms with E-state index in [0.717, 1.165) is 6.42 Å². The molecule has 0 spiro atoms. The normalized spacial score (nSPS) is 13.5. The minimum absolute atomic E-state index is 0.272. The zero-order valence-corrected chi connectivity index (χ0v) is 10.5. The number of amides is 1. The van der Waals surface area contributed by atoms with E-state index >= 15 is 0 Å². The van der Waals surface area contributed by atoms with Crippen molar-refractivity contribution in [3.05, 3.63) is 0 Å². The van der Waals surface area contributed by atoms with E-state index < -0.39 is 5.60 Å². The van der Waals surface area contributed by atoms with Crippen LogP contribution >= 0.6 is 0 Å². The van der Waals surface area contributed by atoms with Crippen molar-refractivity contribution in [2.24, 2.45) is 11.7 Å². The molecule has 0 saturated heterocycles. The highest BCUT2D eigenvalue weighted by atomic mass is 16.6. The SMILES string of the molecule is CC(CN)CCN(C)C(=O)OC(C)(C)C. The van der Waals surface area contributed by atoms with E-state index in [-0.39, 0.29) is 6.09 Å². The van der Waals surface area contributed by atoms with E-state index in [1.54, 1.807) is 11.9 Å². The van der Waals surface area contributed by atoms with Gasteiger partial charge in [0, 0.05) is 13.6 Å². The van der Waals surface area contributed by atoms with Gasteiger partial charge in [-0.2, -0.15) is 0 Å². The van der Waals surface area contributed by atoms with Gasteiger partial charge in [0.25, 0.3) is 0 Å². The summed E-state index contributed by atoms with van der Waals surface area (Å²) in [5.74, 6) is 0.440. The lowest BCUT2D eigenvalue weighted by Gasteiger charge is -2.25. The van der Waals surface area contributed by atoms with Crippen molar-refractivity contribution < 1.29 is 9.53 Å². The molecule has 0 aliphatic rings. The lowest BCUT2D eigenvalue weighted by atomic mass is 10.1. The summed E-state index contributed by atoms with van der Waals surface area (Å²) in [6.07, 6.45) is 0.637. The lowest BCUT2D eigenvalue weighted by molar-refractivity contribution is 0.0292. The van der Waals surface area contributed by atoms with Gasteiger partial charge in [-0.05, 0) is 39.7 Å². The minimum Gasteiger partial charge on any atom is -0.444 e. The number of nitrogens with two attached hydrogens (primary N) is 1. The first kappa shape index (κ1) is 14.2. The molecule has 0 rings (SSSR count). The van der Waals surface area contributed by atoms with Gasteiger partial charge in [-0.25, -0.2) is 4.79 Å². The summed E-state index contributed by atoms with van der Waals surface area (Å²) in [5.41, 5.74) is 5.08. The summed E-state index contributed by atoms with van der Waals surface area (Å²) < 4.78 is 5.22. The van der Waals surface area contributed by atoms with E-state index in [0.29, 0.717) is 19.0 Å². The van der Waals surface area contributed by atoms with Gasteiger partial charge in [-0.1, -0.05) is 6.92 Å². The van der Waals surface area contributed by atoms with E-state index in [2.05, 4.69) is 6.92 Å². The Labute approximate surface area is 92.8 Å². The largest absolute Gasteiger partial charge is 0.444 e. The maximum atomic E-state index is 11.5. The predicted octanol–water partition coefficient (Wildman–Crippen LogP) is 1.84. The van der Waals surface area contributed by atoms with Crippen molar-refractivity contribution in [3.63, 3.8) is 0 Å². The molecule has 0 aromatic rings. The summed E-state index contributed by atoms with van der Waals surface area (Å²) in [5, 5.41) is 0. The van der Waals surface area contributed by atoms with Gasteiger partial charge in [0.2, 0.25) is 0 Å². The zero-order valence-electron chi connectivity index (χ0n) is 10.5. The van der Waals surface area contributed by atoms with Crippen LogP contribution in [0.4, 0.5) is 4.79 Å². The van der Waals surface area contributed by atoms with Crippen LogP contribution in [0.2, 0.25) is 0 Å². The Morgan fingerprint density at radius 3 is 2.40 bits per heavy atom. The van der Waals surface area contributed by atoms with Crippen molar-refractivity contribution >= 4 is 6.09 Å². The van der Waals surface area contributed by atoms with Crippen LogP contribution in [-0.4, -0.2) is 36.7 Å². The first-order chi connectivity index (χ1) is 6.76. The molecule has 0 saturated carbocycles. The first-order valence-corrected chi connectivity index (χ1v) is 5.40. The number of rotatable bonds is 4. The number of carbonyl (C=O) groups excluding carboxylic acids is 1. The zero-order chi connectivity index (χ0) is 12.1. The van der Waals surface area contributed by atoms with Gasteiger partial charge in [0.05, 0.1) is 0 Å². The fourth-order valence-corrected chi connectivity index (χ4v) is 0.963. The molecule has 15 heavy (non-hydrogen) atoms. The number of carbonyl (C=O) groups is 1. The second kappa shape index (κ2) is 5.95. The Morgan fingerprint density at radius 1 is 1.47 bits per heavy atom. The molecule has 4 nitrogen and oxygen atoms in total. The second-order valence-corrected chi connectivity index (χ2v) is 5.03. The van der Waals surface area contributed by atoms with Crippen molar-refractivity contribution in [2.45, 2.75) is 39.7 Å². The maximum Gasteiger partial charge on any atom is 0.410 e. The average molecular weight is 216 g/mol. The summed E-state index contributed by atoms with van der Waals surface area (Å²) in [6, 6.07) is 0. The highest BCUT2D eigenvalue weighted by Crippen LogP contribution is 2.10. The van der Waals surface area contributed by atoms with Crippen molar-refractivity contribution in [3.8, 4) is 0 Å². The Hall–Kier alpha value is -0.770. The average Bonchev–Trinajstić information content (AvgIpc) is 2.10. The summed E-state index contributed by atoms with van der Waals surface area (Å²) in [4.78, 5) is 13.1. The van der Waals surface area contributed by atoms with Crippen LogP contribution < -0.4 is 5.73 Å². The molecule has 4 heteroatoms. The second-order valence-electron chi connectivity index (χ2n) is 5.03. The maximum absolute atomic E-state index is 11.5. The molecule has 0 radical (unpaired) electrons. The highest BCUT2D eigenvalue weighted by Gasteiger charge is 2.19. The molecule has 1 unspecified atom stereocenters. The molecule has 0 aromatic heterocycles. The molecule has 0 aliphatic heterocycles. The molecule has 0 fully saturated rings. The minimum atomic E-state index is -0.426. The molecular weight excluding hydrogens is 192 g/mol. The van der Waals surface area contributed by atoms with Crippen LogP contribution in [0, 0.1) is 5.92 Å². The van der Waals surface area contributed by atoms with Crippen molar-refractivity contribution in [1.82, 2.24) is 4.90 Å². The van der Waals surface area contributed by atoms with Crippen LogP contribution in [0.1, 0.15) is 34.1 Å². The summed E-state index contributed by atoms with van der Waals surface area (Å²) in [7, 11) is 1.75.